The summed E-state index contributed by atoms with van der Waals surface area (Å²) < 4.78 is 4.83. The Kier molecular flexibility index (Phi) is 4.57. The molecule has 0 bridgehead atoms. The molecule has 0 saturated heterocycles. The summed E-state index contributed by atoms with van der Waals surface area (Å²) in [6.07, 6.45) is 0. The van der Waals surface area contributed by atoms with Gasteiger partial charge in [-0.15, -0.1) is 0 Å². The number of nitrogens with one attached hydrogen (secondary N) is 1. The fourth-order valence-corrected chi connectivity index (χ4v) is 1.36. The third kappa shape index (κ3) is 3.51. The number of carbonyl (C=O) groups is 2. The lowest BCUT2D eigenvalue weighted by Gasteiger charge is -2.10. The first-order valence-corrected chi connectivity index (χ1v) is 5.50. The number of nitro groups is 1. The van der Waals surface area contributed by atoms with E-state index in [-0.39, 0.29) is 22.8 Å². The van der Waals surface area contributed by atoms with Gasteiger partial charge in [-0.05, 0) is 26.0 Å². The molecule has 1 unspecified atom stereocenters. The normalized spacial score (nSPS) is 11.5. The summed E-state index contributed by atoms with van der Waals surface area (Å²) >= 11 is 0. The van der Waals surface area contributed by atoms with Crippen LogP contribution in [-0.2, 0) is 4.79 Å². The van der Waals surface area contributed by atoms with Crippen molar-refractivity contribution in [3.05, 3.63) is 33.9 Å². The fraction of sp³-hybridized carbons (Fsp3) is 0.333. The second-order valence-electron chi connectivity index (χ2n) is 3.95. The highest BCUT2D eigenvalue weighted by Crippen LogP contribution is 2.27. The zero-order valence-corrected chi connectivity index (χ0v) is 10.8. The topological polar surface area (TPSA) is 98.5 Å². The van der Waals surface area contributed by atoms with Crippen molar-refractivity contribution in [3.8, 4) is 5.75 Å². The van der Waals surface area contributed by atoms with E-state index < -0.39 is 16.9 Å². The van der Waals surface area contributed by atoms with E-state index in [9.17, 15) is 19.7 Å². The van der Waals surface area contributed by atoms with Crippen molar-refractivity contribution in [1.29, 1.82) is 0 Å². The molecule has 0 fully saturated rings. The first-order valence-electron chi connectivity index (χ1n) is 5.50. The van der Waals surface area contributed by atoms with Crippen LogP contribution in [0.4, 0.5) is 5.69 Å². The van der Waals surface area contributed by atoms with Crippen molar-refractivity contribution in [3.63, 3.8) is 0 Å². The number of Topliss-reactive ketones (excluding diaryl/α,β-unsaturated/α-hetero) is 1. The van der Waals surface area contributed by atoms with Crippen LogP contribution in [-0.4, -0.2) is 29.8 Å². The van der Waals surface area contributed by atoms with E-state index >= 15 is 0 Å². The molecule has 0 aliphatic carbocycles. The number of hydrogen-bond donors (Lipinski definition) is 1. The van der Waals surface area contributed by atoms with Crippen molar-refractivity contribution in [1.82, 2.24) is 5.32 Å². The average Bonchev–Trinajstić information content (AvgIpc) is 2.37. The number of nitro benzene ring substituents is 1. The Labute approximate surface area is 109 Å². The smallest absolute Gasteiger partial charge is 0.311 e. The first-order chi connectivity index (χ1) is 8.86. The third-order valence-corrected chi connectivity index (χ3v) is 2.60. The van der Waals surface area contributed by atoms with Gasteiger partial charge in [-0.1, -0.05) is 0 Å². The van der Waals surface area contributed by atoms with Crippen LogP contribution in [0.15, 0.2) is 18.2 Å². The molecular weight excluding hydrogens is 252 g/mol. The van der Waals surface area contributed by atoms with Crippen molar-refractivity contribution in [2.24, 2.45) is 0 Å². The molecule has 0 aromatic heterocycles. The SMILES string of the molecule is COc1ccc(C(=O)NC(C)C(C)=O)cc1[N+](=O)[O-]. The van der Waals surface area contributed by atoms with E-state index in [0.29, 0.717) is 0 Å². The summed E-state index contributed by atoms with van der Waals surface area (Å²) in [4.78, 5) is 33.0. The van der Waals surface area contributed by atoms with Gasteiger partial charge in [-0.3, -0.25) is 19.7 Å². The van der Waals surface area contributed by atoms with Crippen molar-refractivity contribution < 1.29 is 19.2 Å². The maximum absolute atomic E-state index is 11.8. The summed E-state index contributed by atoms with van der Waals surface area (Å²) in [5.41, 5.74) is -0.203. The molecule has 102 valence electrons. The van der Waals surface area contributed by atoms with Gasteiger partial charge in [0, 0.05) is 11.6 Å². The Morgan fingerprint density at radius 2 is 2.05 bits per heavy atom. The summed E-state index contributed by atoms with van der Waals surface area (Å²) in [5.74, 6) is -0.675. The van der Waals surface area contributed by atoms with Gasteiger partial charge in [0.25, 0.3) is 5.91 Å². The summed E-state index contributed by atoms with van der Waals surface area (Å²) in [6, 6.07) is 3.20. The Morgan fingerprint density at radius 3 is 2.53 bits per heavy atom. The summed E-state index contributed by atoms with van der Waals surface area (Å²) in [6.45, 7) is 2.89. The van der Waals surface area contributed by atoms with Crippen LogP contribution in [0.1, 0.15) is 24.2 Å². The number of ketones is 1. The van der Waals surface area contributed by atoms with E-state index in [1.54, 1.807) is 0 Å². The Bertz CT molecular complexity index is 527. The maximum Gasteiger partial charge on any atom is 0.311 e. The number of carbonyl (C=O) groups excluding carboxylic acids is 2. The Hall–Kier alpha value is -2.44. The molecule has 0 saturated carbocycles. The molecule has 1 aromatic carbocycles. The van der Waals surface area contributed by atoms with Gasteiger partial charge in [0.2, 0.25) is 0 Å². The first kappa shape index (κ1) is 14.6. The molecule has 1 rings (SSSR count). The second kappa shape index (κ2) is 5.94. The molecule has 7 heteroatoms. The fourth-order valence-electron chi connectivity index (χ4n) is 1.36. The number of methoxy groups -OCH3 is 1. The van der Waals surface area contributed by atoms with E-state index in [1.165, 1.54) is 33.1 Å². The number of nitrogens with zero attached hydrogens (tertiary/aromatic N) is 1. The second-order valence-corrected chi connectivity index (χ2v) is 3.95. The van der Waals surface area contributed by atoms with Crippen molar-refractivity contribution >= 4 is 17.4 Å². The van der Waals surface area contributed by atoms with Crippen LogP contribution < -0.4 is 10.1 Å². The van der Waals surface area contributed by atoms with Gasteiger partial charge < -0.3 is 10.1 Å². The van der Waals surface area contributed by atoms with E-state index in [1.807, 2.05) is 0 Å². The summed E-state index contributed by atoms with van der Waals surface area (Å²) in [5, 5.41) is 13.3. The lowest BCUT2D eigenvalue weighted by Crippen LogP contribution is -2.37. The van der Waals surface area contributed by atoms with Crippen LogP contribution in [0.5, 0.6) is 5.75 Å². The van der Waals surface area contributed by atoms with Gasteiger partial charge in [0.15, 0.2) is 11.5 Å². The minimum atomic E-state index is -0.645. The van der Waals surface area contributed by atoms with E-state index in [4.69, 9.17) is 4.74 Å². The molecule has 0 radical (unpaired) electrons. The molecule has 0 heterocycles. The molecule has 0 aliphatic heterocycles. The minimum absolute atomic E-state index is 0.0705. The van der Waals surface area contributed by atoms with Crippen LogP contribution in [0.2, 0.25) is 0 Å². The van der Waals surface area contributed by atoms with Gasteiger partial charge in [-0.25, -0.2) is 0 Å². The summed E-state index contributed by atoms with van der Waals surface area (Å²) in [7, 11) is 1.31. The number of ether oxygens (including phenoxy) is 1. The quantitative estimate of drug-likeness (QED) is 0.640. The third-order valence-electron chi connectivity index (χ3n) is 2.60. The van der Waals surface area contributed by atoms with Crippen molar-refractivity contribution in [2.75, 3.05) is 7.11 Å². The molecule has 1 amide bonds. The standard InChI is InChI=1S/C12H14N2O5/c1-7(8(2)15)13-12(16)9-4-5-11(19-3)10(6-9)14(17)18/h4-7H,1-3H3,(H,13,16). The number of benzene rings is 1. The predicted molar refractivity (Wildman–Crippen MR) is 67.3 cm³/mol. The predicted octanol–water partition coefficient (Wildman–Crippen LogP) is 1.31. The number of amides is 1. The molecule has 0 aliphatic rings. The molecule has 1 aromatic rings. The number of hydrogen-bond acceptors (Lipinski definition) is 5. The minimum Gasteiger partial charge on any atom is -0.490 e. The lowest BCUT2D eigenvalue weighted by molar-refractivity contribution is -0.385. The molecular formula is C12H14N2O5. The lowest BCUT2D eigenvalue weighted by atomic mass is 10.1. The highest BCUT2D eigenvalue weighted by Gasteiger charge is 2.19. The largest absolute Gasteiger partial charge is 0.490 e. The zero-order valence-electron chi connectivity index (χ0n) is 10.8. The molecule has 1 N–H and O–H groups in total. The van der Waals surface area contributed by atoms with Gasteiger partial charge in [0.1, 0.15) is 0 Å². The Balaban J connectivity index is 3.02. The zero-order chi connectivity index (χ0) is 14.6. The van der Waals surface area contributed by atoms with E-state index in [0.717, 1.165) is 6.07 Å². The molecule has 1 atom stereocenters. The van der Waals surface area contributed by atoms with Crippen LogP contribution in [0, 0.1) is 10.1 Å². The van der Waals surface area contributed by atoms with Crippen molar-refractivity contribution in [2.45, 2.75) is 19.9 Å². The number of rotatable bonds is 5. The Morgan fingerprint density at radius 1 is 1.42 bits per heavy atom. The molecule has 19 heavy (non-hydrogen) atoms. The molecule has 0 spiro atoms. The average molecular weight is 266 g/mol. The van der Waals surface area contributed by atoms with Gasteiger partial charge in [0.05, 0.1) is 18.1 Å². The molecule has 7 nitrogen and oxygen atoms in total. The monoisotopic (exact) mass is 266 g/mol. The highest BCUT2D eigenvalue weighted by atomic mass is 16.6. The van der Waals surface area contributed by atoms with Gasteiger partial charge in [-0.2, -0.15) is 0 Å². The maximum atomic E-state index is 11.8. The van der Waals surface area contributed by atoms with E-state index in [2.05, 4.69) is 5.32 Å². The highest BCUT2D eigenvalue weighted by molar-refractivity contribution is 5.98. The van der Waals surface area contributed by atoms with Crippen LogP contribution in [0.3, 0.4) is 0 Å². The van der Waals surface area contributed by atoms with Crippen LogP contribution >= 0.6 is 0 Å². The van der Waals surface area contributed by atoms with Crippen LogP contribution in [0.25, 0.3) is 0 Å². The van der Waals surface area contributed by atoms with Gasteiger partial charge >= 0.3 is 5.69 Å².